The van der Waals surface area contributed by atoms with E-state index in [1.807, 2.05) is 45.9 Å². The Balaban J connectivity index is 2.36. The molecule has 0 saturated carbocycles. The van der Waals surface area contributed by atoms with Crippen molar-refractivity contribution in [1.29, 1.82) is 0 Å². The van der Waals surface area contributed by atoms with Gasteiger partial charge >= 0.3 is 12.4 Å². The zero-order chi connectivity index (χ0) is 22.5. The summed E-state index contributed by atoms with van der Waals surface area (Å²) in [4.78, 5) is 0. The van der Waals surface area contributed by atoms with Crippen molar-refractivity contribution < 1.29 is 26.3 Å². The molecule has 1 aliphatic carbocycles. The third kappa shape index (κ3) is 4.42. The van der Waals surface area contributed by atoms with E-state index in [2.05, 4.69) is 0 Å². The molecule has 0 bridgehead atoms. The van der Waals surface area contributed by atoms with E-state index in [4.69, 9.17) is 0 Å². The molecule has 0 atom stereocenters. The summed E-state index contributed by atoms with van der Waals surface area (Å²) in [7, 11) is 0. The van der Waals surface area contributed by atoms with Crippen molar-refractivity contribution in [3.05, 3.63) is 63.7 Å². The van der Waals surface area contributed by atoms with Crippen molar-refractivity contribution in [2.24, 2.45) is 0 Å². The molecule has 0 heterocycles. The van der Waals surface area contributed by atoms with Gasteiger partial charge in [-0.05, 0) is 64.3 Å². The Labute approximate surface area is 172 Å². The van der Waals surface area contributed by atoms with Crippen LogP contribution in [0.5, 0.6) is 0 Å². The fourth-order valence-electron chi connectivity index (χ4n) is 4.00. The number of rotatable bonds is 3. The van der Waals surface area contributed by atoms with Crippen LogP contribution in [0.3, 0.4) is 0 Å². The maximum atomic E-state index is 13.4. The highest BCUT2D eigenvalue weighted by atomic mass is 19.4. The summed E-state index contributed by atoms with van der Waals surface area (Å²) in [6, 6.07) is 5.64. The fraction of sp³-hybridized carbons (Fsp3) is 0.417. The summed E-state index contributed by atoms with van der Waals surface area (Å²) >= 11 is 0. The van der Waals surface area contributed by atoms with Crippen LogP contribution in [-0.4, -0.2) is 0 Å². The van der Waals surface area contributed by atoms with Crippen LogP contribution in [0, 0.1) is 0 Å². The number of fused-ring (bicyclic) bond motifs is 1. The van der Waals surface area contributed by atoms with E-state index < -0.39 is 28.9 Å². The molecular weight excluding hydrogens is 402 g/mol. The van der Waals surface area contributed by atoms with Gasteiger partial charge in [0.2, 0.25) is 0 Å². The molecule has 0 spiro atoms. The van der Waals surface area contributed by atoms with Crippen LogP contribution in [0.1, 0.15) is 68.4 Å². The Hall–Kier alpha value is -2.24. The molecule has 0 unspecified atom stereocenters. The lowest BCUT2D eigenvalue weighted by molar-refractivity contribution is -0.143. The zero-order valence-electron chi connectivity index (χ0n) is 17.4. The Kier molecular flexibility index (Phi) is 5.59. The molecule has 0 fully saturated rings. The Morgan fingerprint density at radius 3 is 1.87 bits per heavy atom. The van der Waals surface area contributed by atoms with Crippen LogP contribution >= 0.6 is 0 Å². The molecule has 3 rings (SSSR count). The number of hydrogen-bond acceptors (Lipinski definition) is 0. The quantitative estimate of drug-likeness (QED) is 0.432. The first-order valence-electron chi connectivity index (χ1n) is 9.87. The lowest BCUT2D eigenvalue weighted by Crippen LogP contribution is -2.15. The Morgan fingerprint density at radius 2 is 1.40 bits per heavy atom. The predicted molar refractivity (Wildman–Crippen MR) is 107 cm³/mol. The summed E-state index contributed by atoms with van der Waals surface area (Å²) in [5, 5.41) is 0. The summed E-state index contributed by atoms with van der Waals surface area (Å²) < 4.78 is 80.7. The second-order valence-electron chi connectivity index (χ2n) is 8.83. The highest BCUT2D eigenvalue weighted by Crippen LogP contribution is 2.45. The number of alkyl halides is 6. The minimum Gasteiger partial charge on any atom is -0.166 e. The van der Waals surface area contributed by atoms with Crippen molar-refractivity contribution >= 4 is 6.08 Å². The number of halogens is 6. The standard InChI is InChI=1S/C24H24F6/c1-5-6-14-9-15-7-8-20(22(2,3)4)21(19(15)10-14)16-11-17(23(25,26)27)13-18(12-16)24(28,29)30/h7-8,10-13H,5-6,9H2,1-4H3. The first-order chi connectivity index (χ1) is 13.7. The van der Waals surface area contributed by atoms with Crippen LogP contribution in [0.2, 0.25) is 0 Å². The molecule has 0 nitrogen and oxygen atoms in total. The van der Waals surface area contributed by atoms with E-state index in [9.17, 15) is 26.3 Å². The lowest BCUT2D eigenvalue weighted by Gasteiger charge is -2.26. The van der Waals surface area contributed by atoms with E-state index in [1.54, 1.807) is 0 Å². The van der Waals surface area contributed by atoms with Gasteiger partial charge in [-0.25, -0.2) is 0 Å². The van der Waals surface area contributed by atoms with E-state index in [0.29, 0.717) is 12.0 Å². The van der Waals surface area contributed by atoms with Gasteiger partial charge in [0.1, 0.15) is 0 Å². The molecule has 6 heteroatoms. The topological polar surface area (TPSA) is 0 Å². The normalized spacial score (nSPS) is 14.7. The van der Waals surface area contributed by atoms with E-state index in [1.165, 1.54) is 0 Å². The highest BCUT2D eigenvalue weighted by molar-refractivity contribution is 5.84. The minimum absolute atomic E-state index is 0.0482. The van der Waals surface area contributed by atoms with Gasteiger partial charge in [-0.2, -0.15) is 26.3 Å². The second kappa shape index (κ2) is 7.47. The fourth-order valence-corrected chi connectivity index (χ4v) is 4.00. The Bertz CT molecular complexity index is 952. The maximum Gasteiger partial charge on any atom is 0.416 e. The molecule has 0 aliphatic heterocycles. The van der Waals surface area contributed by atoms with Crippen LogP contribution < -0.4 is 0 Å². The first-order valence-corrected chi connectivity index (χ1v) is 9.87. The molecule has 162 valence electrons. The molecule has 2 aromatic rings. The van der Waals surface area contributed by atoms with Gasteiger partial charge in [0.05, 0.1) is 11.1 Å². The molecule has 0 radical (unpaired) electrons. The van der Waals surface area contributed by atoms with Gasteiger partial charge < -0.3 is 0 Å². The number of benzene rings is 2. The summed E-state index contributed by atoms with van der Waals surface area (Å²) in [6.45, 7) is 7.75. The van der Waals surface area contributed by atoms with Crippen molar-refractivity contribution in [2.45, 2.75) is 64.7 Å². The Morgan fingerprint density at radius 1 is 0.833 bits per heavy atom. The van der Waals surface area contributed by atoms with Gasteiger partial charge in [0, 0.05) is 0 Å². The van der Waals surface area contributed by atoms with Crippen molar-refractivity contribution in [3.8, 4) is 11.1 Å². The molecule has 0 amide bonds. The SMILES string of the molecule is CCCC1=Cc2c(ccc(C(C)(C)C)c2-c2cc(C(F)(F)F)cc(C(F)(F)F)c2)C1. The monoisotopic (exact) mass is 426 g/mol. The zero-order valence-corrected chi connectivity index (χ0v) is 17.4. The largest absolute Gasteiger partial charge is 0.416 e. The van der Waals surface area contributed by atoms with Gasteiger partial charge in [0.25, 0.3) is 0 Å². The van der Waals surface area contributed by atoms with Gasteiger partial charge in [0.15, 0.2) is 0 Å². The molecule has 30 heavy (non-hydrogen) atoms. The molecular formula is C24H24F6. The van der Waals surface area contributed by atoms with Gasteiger partial charge in [-0.1, -0.05) is 57.9 Å². The highest BCUT2D eigenvalue weighted by Gasteiger charge is 2.38. The van der Waals surface area contributed by atoms with E-state index >= 15 is 0 Å². The molecule has 0 saturated heterocycles. The first kappa shape index (κ1) is 22.4. The molecule has 0 N–H and O–H groups in total. The van der Waals surface area contributed by atoms with Crippen molar-refractivity contribution in [3.63, 3.8) is 0 Å². The summed E-state index contributed by atoms with van der Waals surface area (Å²) in [5.41, 5.74) is 0.909. The number of hydrogen-bond donors (Lipinski definition) is 0. The number of allylic oxidation sites excluding steroid dienone is 1. The summed E-state index contributed by atoms with van der Waals surface area (Å²) in [5.74, 6) is 0. The predicted octanol–water partition coefficient (Wildman–Crippen LogP) is 8.43. The van der Waals surface area contributed by atoms with Gasteiger partial charge in [-0.3, -0.25) is 0 Å². The second-order valence-corrected chi connectivity index (χ2v) is 8.83. The third-order valence-corrected chi connectivity index (χ3v) is 5.36. The molecule has 0 aromatic heterocycles. The summed E-state index contributed by atoms with van der Waals surface area (Å²) in [6.07, 6.45) is -5.38. The van der Waals surface area contributed by atoms with Crippen LogP contribution in [0.15, 0.2) is 35.9 Å². The molecule has 1 aliphatic rings. The third-order valence-electron chi connectivity index (χ3n) is 5.36. The molecule has 2 aromatic carbocycles. The van der Waals surface area contributed by atoms with E-state index in [0.717, 1.165) is 47.2 Å². The van der Waals surface area contributed by atoms with Crippen LogP contribution in [0.4, 0.5) is 26.3 Å². The average Bonchev–Trinajstić information content (AvgIpc) is 3.01. The van der Waals surface area contributed by atoms with Gasteiger partial charge in [-0.15, -0.1) is 0 Å². The average molecular weight is 426 g/mol. The van der Waals surface area contributed by atoms with E-state index in [-0.39, 0.29) is 11.6 Å². The lowest BCUT2D eigenvalue weighted by atomic mass is 9.78. The van der Waals surface area contributed by atoms with Crippen molar-refractivity contribution in [1.82, 2.24) is 0 Å². The van der Waals surface area contributed by atoms with Crippen LogP contribution in [-0.2, 0) is 24.2 Å². The minimum atomic E-state index is -4.88. The maximum absolute atomic E-state index is 13.4. The van der Waals surface area contributed by atoms with Crippen molar-refractivity contribution in [2.75, 3.05) is 0 Å². The smallest absolute Gasteiger partial charge is 0.166 e. The van der Waals surface area contributed by atoms with Crippen LogP contribution in [0.25, 0.3) is 17.2 Å².